The summed E-state index contributed by atoms with van der Waals surface area (Å²) in [4.78, 5) is 12.6. The highest BCUT2D eigenvalue weighted by molar-refractivity contribution is 8.00. The van der Waals surface area contributed by atoms with Crippen molar-refractivity contribution >= 4 is 40.9 Å². The number of halogens is 2. The molecule has 3 nitrogen and oxygen atoms in total. The van der Waals surface area contributed by atoms with Crippen molar-refractivity contribution in [2.24, 2.45) is 0 Å². The summed E-state index contributed by atoms with van der Waals surface area (Å²) in [6.07, 6.45) is 0.771. The molecule has 0 aliphatic rings. The van der Waals surface area contributed by atoms with Gasteiger partial charge in [0.05, 0.1) is 22.9 Å². The van der Waals surface area contributed by atoms with Crippen LogP contribution in [0.4, 0.5) is 0 Å². The maximum atomic E-state index is 11.9. The molecular formula is C17H17Cl2NO2S. The fraction of sp³-hybridized carbons (Fsp3) is 0.235. The molecular weight excluding hydrogens is 353 g/mol. The van der Waals surface area contributed by atoms with E-state index in [1.807, 2.05) is 24.3 Å². The van der Waals surface area contributed by atoms with E-state index in [9.17, 15) is 4.79 Å². The van der Waals surface area contributed by atoms with E-state index in [4.69, 9.17) is 27.9 Å². The number of ether oxygens (including phenoxy) is 1. The number of rotatable bonds is 7. The Morgan fingerprint density at radius 3 is 2.39 bits per heavy atom. The van der Waals surface area contributed by atoms with Crippen molar-refractivity contribution in [1.82, 2.24) is 5.32 Å². The van der Waals surface area contributed by atoms with E-state index in [-0.39, 0.29) is 11.7 Å². The standard InChI is InChI=1S/C17H17Cl2NO2S/c1-22-13-7-5-12(6-8-13)9-10-20-16(21)11-23-17-14(18)3-2-4-15(17)19/h2-8H,9-11H2,1H3,(H,20,21). The van der Waals surface area contributed by atoms with Crippen molar-refractivity contribution in [3.05, 3.63) is 58.1 Å². The summed E-state index contributed by atoms with van der Waals surface area (Å²) in [5.74, 6) is 1.07. The second-order valence-electron chi connectivity index (χ2n) is 4.79. The molecule has 0 aliphatic heterocycles. The molecule has 0 saturated carbocycles. The Balaban J connectivity index is 1.74. The largest absolute Gasteiger partial charge is 0.497 e. The summed E-state index contributed by atoms with van der Waals surface area (Å²) < 4.78 is 5.11. The average Bonchev–Trinajstić information content (AvgIpc) is 2.55. The number of carbonyl (C=O) groups is 1. The third-order valence-corrected chi connectivity index (χ3v) is 5.15. The Labute approximate surface area is 150 Å². The van der Waals surface area contributed by atoms with Crippen LogP contribution in [-0.2, 0) is 11.2 Å². The van der Waals surface area contributed by atoms with E-state index in [0.29, 0.717) is 16.6 Å². The molecule has 0 bridgehead atoms. The quantitative estimate of drug-likeness (QED) is 0.732. The van der Waals surface area contributed by atoms with Crippen LogP contribution in [0, 0.1) is 0 Å². The molecule has 0 spiro atoms. The first-order valence-electron chi connectivity index (χ1n) is 7.06. The monoisotopic (exact) mass is 369 g/mol. The van der Waals surface area contributed by atoms with Gasteiger partial charge in [-0.05, 0) is 36.2 Å². The fourth-order valence-electron chi connectivity index (χ4n) is 1.95. The highest BCUT2D eigenvalue weighted by atomic mass is 35.5. The fourth-order valence-corrected chi connectivity index (χ4v) is 3.46. The summed E-state index contributed by atoms with van der Waals surface area (Å²) in [6.45, 7) is 0.585. The Bertz CT molecular complexity index is 642. The van der Waals surface area contributed by atoms with Crippen molar-refractivity contribution in [3.63, 3.8) is 0 Å². The van der Waals surface area contributed by atoms with Crippen molar-refractivity contribution < 1.29 is 9.53 Å². The average molecular weight is 370 g/mol. The van der Waals surface area contributed by atoms with E-state index < -0.39 is 0 Å². The molecule has 2 aromatic carbocycles. The number of hydrogen-bond acceptors (Lipinski definition) is 3. The molecule has 6 heteroatoms. The molecule has 0 fully saturated rings. The van der Waals surface area contributed by atoms with Gasteiger partial charge in [-0.15, -0.1) is 11.8 Å². The topological polar surface area (TPSA) is 38.3 Å². The highest BCUT2D eigenvalue weighted by Crippen LogP contribution is 2.33. The minimum absolute atomic E-state index is 0.0421. The smallest absolute Gasteiger partial charge is 0.230 e. The summed E-state index contributed by atoms with van der Waals surface area (Å²) in [7, 11) is 1.64. The molecule has 0 heterocycles. The lowest BCUT2D eigenvalue weighted by molar-refractivity contribution is -0.118. The van der Waals surface area contributed by atoms with Crippen LogP contribution in [0.15, 0.2) is 47.4 Å². The lowest BCUT2D eigenvalue weighted by Gasteiger charge is -2.08. The van der Waals surface area contributed by atoms with Crippen LogP contribution >= 0.6 is 35.0 Å². The zero-order valence-corrected chi connectivity index (χ0v) is 15.0. The van der Waals surface area contributed by atoms with Crippen molar-refractivity contribution in [2.75, 3.05) is 19.4 Å². The van der Waals surface area contributed by atoms with Gasteiger partial charge in [0.15, 0.2) is 0 Å². The zero-order chi connectivity index (χ0) is 16.7. The molecule has 0 aromatic heterocycles. The van der Waals surface area contributed by atoms with Crippen molar-refractivity contribution in [3.8, 4) is 5.75 Å². The molecule has 23 heavy (non-hydrogen) atoms. The third-order valence-electron chi connectivity index (χ3n) is 3.16. The Morgan fingerprint density at radius 2 is 1.78 bits per heavy atom. The van der Waals surface area contributed by atoms with Gasteiger partial charge in [-0.25, -0.2) is 0 Å². The van der Waals surface area contributed by atoms with Gasteiger partial charge in [-0.2, -0.15) is 0 Å². The number of hydrogen-bond donors (Lipinski definition) is 1. The summed E-state index contributed by atoms with van der Waals surface area (Å²) in [5.41, 5.74) is 1.15. The Kier molecular flexibility index (Phi) is 7.09. The van der Waals surface area contributed by atoms with Crippen LogP contribution in [0.1, 0.15) is 5.56 Å². The molecule has 0 atom stereocenters. The minimum atomic E-state index is -0.0421. The SMILES string of the molecule is COc1ccc(CCNC(=O)CSc2c(Cl)cccc2Cl)cc1. The summed E-state index contributed by atoms with van der Waals surface area (Å²) in [5, 5.41) is 4.02. The number of benzene rings is 2. The molecule has 1 amide bonds. The normalized spacial score (nSPS) is 10.4. The highest BCUT2D eigenvalue weighted by Gasteiger charge is 2.09. The predicted octanol–water partition coefficient (Wildman–Crippen LogP) is 4.45. The second-order valence-corrected chi connectivity index (χ2v) is 6.59. The third kappa shape index (κ3) is 5.65. The lowest BCUT2D eigenvalue weighted by atomic mass is 10.1. The van der Waals surface area contributed by atoms with Crippen molar-refractivity contribution in [2.45, 2.75) is 11.3 Å². The Hall–Kier alpha value is -1.36. The lowest BCUT2D eigenvalue weighted by Crippen LogP contribution is -2.27. The number of nitrogens with one attached hydrogen (secondary N) is 1. The maximum Gasteiger partial charge on any atom is 0.230 e. The molecule has 2 aromatic rings. The Morgan fingerprint density at radius 1 is 1.13 bits per heavy atom. The van der Waals surface area contributed by atoms with E-state index in [2.05, 4.69) is 5.32 Å². The van der Waals surface area contributed by atoms with Crippen LogP contribution in [0.25, 0.3) is 0 Å². The minimum Gasteiger partial charge on any atom is -0.497 e. The molecule has 0 saturated heterocycles. The van der Waals surface area contributed by atoms with Crippen LogP contribution in [-0.4, -0.2) is 25.3 Å². The molecule has 0 aliphatic carbocycles. The number of thioether (sulfide) groups is 1. The van der Waals surface area contributed by atoms with Gasteiger partial charge in [0.25, 0.3) is 0 Å². The zero-order valence-electron chi connectivity index (χ0n) is 12.6. The number of methoxy groups -OCH3 is 1. The van der Waals surface area contributed by atoms with Gasteiger partial charge in [0.1, 0.15) is 5.75 Å². The van der Waals surface area contributed by atoms with E-state index in [0.717, 1.165) is 22.6 Å². The van der Waals surface area contributed by atoms with Gasteiger partial charge in [0.2, 0.25) is 5.91 Å². The first kappa shape index (κ1) is 18.0. The molecule has 1 N–H and O–H groups in total. The number of amides is 1. The van der Waals surface area contributed by atoms with Crippen LogP contribution in [0.5, 0.6) is 5.75 Å². The summed E-state index contributed by atoms with van der Waals surface area (Å²) >= 11 is 13.5. The summed E-state index contributed by atoms with van der Waals surface area (Å²) in [6, 6.07) is 13.1. The van der Waals surface area contributed by atoms with Crippen LogP contribution in [0.2, 0.25) is 10.0 Å². The van der Waals surface area contributed by atoms with E-state index in [1.165, 1.54) is 11.8 Å². The van der Waals surface area contributed by atoms with Gasteiger partial charge in [0, 0.05) is 11.4 Å². The van der Waals surface area contributed by atoms with Crippen LogP contribution in [0.3, 0.4) is 0 Å². The molecule has 0 unspecified atom stereocenters. The molecule has 122 valence electrons. The van der Waals surface area contributed by atoms with Gasteiger partial charge in [-0.3, -0.25) is 4.79 Å². The molecule has 0 radical (unpaired) electrons. The first-order chi connectivity index (χ1) is 11.1. The maximum absolute atomic E-state index is 11.9. The molecule has 2 rings (SSSR count). The van der Waals surface area contributed by atoms with Gasteiger partial charge in [-0.1, -0.05) is 41.4 Å². The van der Waals surface area contributed by atoms with Gasteiger partial charge >= 0.3 is 0 Å². The van der Waals surface area contributed by atoms with Crippen molar-refractivity contribution in [1.29, 1.82) is 0 Å². The number of carbonyl (C=O) groups excluding carboxylic acids is 1. The van der Waals surface area contributed by atoms with Crippen LogP contribution < -0.4 is 10.1 Å². The second kappa shape index (κ2) is 9.06. The first-order valence-corrected chi connectivity index (χ1v) is 8.80. The predicted molar refractivity (Wildman–Crippen MR) is 96.9 cm³/mol. The van der Waals surface area contributed by atoms with E-state index >= 15 is 0 Å². The van der Waals surface area contributed by atoms with Gasteiger partial charge < -0.3 is 10.1 Å². The van der Waals surface area contributed by atoms with E-state index in [1.54, 1.807) is 25.3 Å².